The molecule has 1 fully saturated rings. The third-order valence-corrected chi connectivity index (χ3v) is 5.69. The molecule has 1 aliphatic heterocycles. The maximum atomic E-state index is 10.4. The second kappa shape index (κ2) is 19.5. The number of nitro benzene ring substituents is 6. The van der Waals surface area contributed by atoms with Crippen molar-refractivity contribution >= 4 is 34.1 Å². The van der Waals surface area contributed by atoms with E-state index in [2.05, 4.69) is 21.3 Å². The number of nitro groups is 6. The van der Waals surface area contributed by atoms with Crippen LogP contribution in [-0.2, 0) is 0 Å². The van der Waals surface area contributed by atoms with Gasteiger partial charge in [0, 0.05) is 26.2 Å². The Morgan fingerprint density at radius 2 is 0.630 bits per heavy atom. The summed E-state index contributed by atoms with van der Waals surface area (Å²) in [7, 11) is 0. The van der Waals surface area contributed by atoms with Gasteiger partial charge in [0.2, 0.25) is 0 Å². The first-order chi connectivity index (χ1) is 21.7. The summed E-state index contributed by atoms with van der Waals surface area (Å²) in [6.45, 7) is 8.87. The predicted octanol–water partition coefficient (Wildman–Crippen LogP) is 1.37. The Balaban J connectivity index is 0.000000346. The van der Waals surface area contributed by atoms with E-state index < -0.39 is 75.2 Å². The Hall–Kier alpha value is -5.72. The highest BCUT2D eigenvalue weighted by molar-refractivity contribution is 5.65. The highest BCUT2D eigenvalue weighted by atomic mass is 16.7. The number of phenols is 2. The lowest BCUT2D eigenvalue weighted by Gasteiger charge is -2.10. The van der Waals surface area contributed by atoms with E-state index in [1.165, 1.54) is 12.8 Å². The van der Waals surface area contributed by atoms with Gasteiger partial charge in [-0.05, 0) is 39.0 Å². The summed E-state index contributed by atoms with van der Waals surface area (Å²) < 4.78 is 0. The van der Waals surface area contributed by atoms with Crippen LogP contribution in [0.4, 0.5) is 34.1 Å². The topological polar surface area (TPSA) is 347 Å². The molecule has 3 rings (SSSR count). The van der Waals surface area contributed by atoms with Crippen molar-refractivity contribution in [2.75, 3.05) is 52.4 Å². The monoisotopic (exact) mass is 658 g/mol. The zero-order chi connectivity index (χ0) is 34.8. The molecule has 0 spiro atoms. The third-order valence-electron chi connectivity index (χ3n) is 5.69. The van der Waals surface area contributed by atoms with Crippen molar-refractivity contribution in [1.29, 1.82) is 0 Å². The average molecular weight is 659 g/mol. The van der Waals surface area contributed by atoms with E-state index in [0.717, 1.165) is 52.4 Å². The number of aromatic hydroxyl groups is 2. The van der Waals surface area contributed by atoms with Crippen LogP contribution in [0.25, 0.3) is 0 Å². The second-order valence-electron chi connectivity index (χ2n) is 8.92. The Labute approximate surface area is 257 Å². The Bertz CT molecular complexity index is 1210. The average Bonchev–Trinajstić information content (AvgIpc) is 2.98. The molecule has 1 aliphatic rings. The van der Waals surface area contributed by atoms with E-state index in [1.807, 2.05) is 0 Å². The molecule has 46 heavy (non-hydrogen) atoms. The zero-order valence-electron chi connectivity index (χ0n) is 23.9. The molecule has 6 N–H and O–H groups in total. The fraction of sp³-hybridized carbons (Fsp3) is 0.455. The van der Waals surface area contributed by atoms with Crippen LogP contribution in [0.15, 0.2) is 24.3 Å². The molecule has 24 heteroatoms. The number of phenolic OH excluding ortho intramolecular Hbond substituents is 2. The van der Waals surface area contributed by atoms with Crippen molar-refractivity contribution < 1.29 is 39.8 Å². The largest absolute Gasteiger partial charge is 0.497 e. The van der Waals surface area contributed by atoms with E-state index in [-0.39, 0.29) is 0 Å². The number of nitrogens with one attached hydrogen (secondary N) is 4. The van der Waals surface area contributed by atoms with E-state index >= 15 is 0 Å². The van der Waals surface area contributed by atoms with Crippen LogP contribution in [0.5, 0.6) is 11.5 Å². The van der Waals surface area contributed by atoms with E-state index in [1.54, 1.807) is 0 Å². The normalized spacial score (nSPS) is 14.1. The van der Waals surface area contributed by atoms with Crippen molar-refractivity contribution in [2.45, 2.75) is 12.8 Å². The van der Waals surface area contributed by atoms with Crippen LogP contribution in [0.3, 0.4) is 0 Å². The van der Waals surface area contributed by atoms with E-state index in [9.17, 15) is 60.7 Å². The van der Waals surface area contributed by atoms with Gasteiger partial charge in [-0.25, -0.2) is 0 Å². The molecule has 2 aromatic carbocycles. The number of nitrogens with zero attached hydrogens (tertiary/aromatic N) is 6. The molecule has 0 aromatic heterocycles. The van der Waals surface area contributed by atoms with Crippen molar-refractivity contribution in [2.24, 2.45) is 0 Å². The minimum atomic E-state index is -1.21. The van der Waals surface area contributed by atoms with Gasteiger partial charge in [-0.3, -0.25) is 60.7 Å². The summed E-state index contributed by atoms with van der Waals surface area (Å²) >= 11 is 0. The maximum absolute atomic E-state index is 10.4. The molecular formula is C22H30N10O14. The molecule has 0 amide bonds. The second-order valence-corrected chi connectivity index (χ2v) is 8.92. The SMILES string of the molecule is C1CNCCNCCCNCCNC1.O=[N+]([O-])c1cc([N+](=O)[O-])c(O)c([N+](=O)[O-])c1.O=[N+]([O-])c1cc([N+](=O)[O-])c(O)c([N+](=O)[O-])c1. The first-order valence-electron chi connectivity index (χ1n) is 13.1. The molecule has 0 radical (unpaired) electrons. The van der Waals surface area contributed by atoms with Gasteiger partial charge < -0.3 is 31.5 Å². The fourth-order valence-electron chi connectivity index (χ4n) is 3.48. The molecule has 2 aromatic rings. The molecule has 0 unspecified atom stereocenters. The zero-order valence-corrected chi connectivity index (χ0v) is 23.9. The Kier molecular flexibility index (Phi) is 16.3. The lowest BCUT2D eigenvalue weighted by Crippen LogP contribution is -2.34. The van der Waals surface area contributed by atoms with Crippen LogP contribution in [0.2, 0.25) is 0 Å². The lowest BCUT2D eigenvalue weighted by molar-refractivity contribution is -0.404. The van der Waals surface area contributed by atoms with Crippen LogP contribution < -0.4 is 21.3 Å². The summed E-state index contributed by atoms with van der Waals surface area (Å²) in [4.78, 5) is 55.5. The summed E-state index contributed by atoms with van der Waals surface area (Å²) in [6.07, 6.45) is 2.44. The number of hydrogen-bond acceptors (Lipinski definition) is 18. The maximum Gasteiger partial charge on any atom is 0.324 e. The number of benzene rings is 2. The number of rotatable bonds is 6. The van der Waals surface area contributed by atoms with Gasteiger partial charge in [-0.15, -0.1) is 0 Å². The predicted molar refractivity (Wildman–Crippen MR) is 157 cm³/mol. The van der Waals surface area contributed by atoms with Gasteiger partial charge in [0.25, 0.3) is 22.9 Å². The standard InChI is InChI=1S/C10H24N4.2C6H3N3O7/c1-3-11-7-9-13-5-2-6-14-10-8-12-4-1;2*10-6-4(8(13)14)1-3(7(11)12)2-5(6)9(15)16/h11-14H,1-10H2;2*1-2,10H. The van der Waals surface area contributed by atoms with Crippen LogP contribution >= 0.6 is 0 Å². The summed E-state index contributed by atoms with van der Waals surface area (Å²) in [5.74, 6) is -2.42. The van der Waals surface area contributed by atoms with Crippen LogP contribution in [0.1, 0.15) is 12.8 Å². The first kappa shape index (κ1) is 38.3. The van der Waals surface area contributed by atoms with Crippen molar-refractivity contribution in [3.8, 4) is 11.5 Å². The molecule has 24 nitrogen and oxygen atoms in total. The molecule has 252 valence electrons. The molecule has 0 aliphatic carbocycles. The summed E-state index contributed by atoms with van der Waals surface area (Å²) in [6, 6.07) is 1.79. The third kappa shape index (κ3) is 12.9. The van der Waals surface area contributed by atoms with Crippen LogP contribution in [-0.4, -0.2) is 92.1 Å². The van der Waals surface area contributed by atoms with Crippen LogP contribution in [0, 0.1) is 60.7 Å². The van der Waals surface area contributed by atoms with Crippen molar-refractivity contribution in [3.05, 3.63) is 85.0 Å². The van der Waals surface area contributed by atoms with Gasteiger partial charge in [-0.1, -0.05) is 0 Å². The minimum Gasteiger partial charge on any atom is -0.497 e. The number of non-ortho nitro benzene ring substituents is 2. The Morgan fingerprint density at radius 3 is 0.804 bits per heavy atom. The molecule has 1 saturated heterocycles. The highest BCUT2D eigenvalue weighted by Crippen LogP contribution is 2.40. The van der Waals surface area contributed by atoms with Gasteiger partial charge in [0.15, 0.2) is 0 Å². The molecule has 0 saturated carbocycles. The molecular weight excluding hydrogens is 628 g/mol. The first-order valence-corrected chi connectivity index (χ1v) is 13.1. The fourth-order valence-corrected chi connectivity index (χ4v) is 3.48. The minimum absolute atomic E-state index is 0.447. The lowest BCUT2D eigenvalue weighted by atomic mass is 10.2. The Morgan fingerprint density at radius 1 is 0.413 bits per heavy atom. The highest BCUT2D eigenvalue weighted by Gasteiger charge is 2.31. The quantitative estimate of drug-likeness (QED) is 0.188. The van der Waals surface area contributed by atoms with Crippen molar-refractivity contribution in [3.63, 3.8) is 0 Å². The van der Waals surface area contributed by atoms with Gasteiger partial charge in [-0.2, -0.15) is 0 Å². The van der Waals surface area contributed by atoms with Gasteiger partial charge in [0.1, 0.15) is 0 Å². The van der Waals surface area contributed by atoms with Gasteiger partial charge >= 0.3 is 22.7 Å². The summed E-state index contributed by atoms with van der Waals surface area (Å²) in [5, 5.41) is 94.1. The molecule has 0 atom stereocenters. The number of hydrogen-bond donors (Lipinski definition) is 6. The molecule has 1 heterocycles. The molecule has 0 bridgehead atoms. The van der Waals surface area contributed by atoms with Crippen molar-refractivity contribution in [1.82, 2.24) is 21.3 Å². The van der Waals surface area contributed by atoms with E-state index in [0.29, 0.717) is 24.3 Å². The smallest absolute Gasteiger partial charge is 0.324 e. The van der Waals surface area contributed by atoms with E-state index in [4.69, 9.17) is 10.2 Å². The van der Waals surface area contributed by atoms with Gasteiger partial charge in [0.05, 0.1) is 53.8 Å². The summed E-state index contributed by atoms with van der Waals surface area (Å²) in [5.41, 5.74) is -6.00.